The molecule has 1 amide bonds. The van der Waals surface area contributed by atoms with Crippen molar-refractivity contribution in [1.82, 2.24) is 15.4 Å². The monoisotopic (exact) mass is 297 g/mol. The van der Waals surface area contributed by atoms with E-state index in [1.54, 1.807) is 6.07 Å². The lowest BCUT2D eigenvalue weighted by molar-refractivity contribution is -0.113. The molecule has 0 unspecified atom stereocenters. The minimum Gasteiger partial charge on any atom is -0.415 e. The van der Waals surface area contributed by atoms with Gasteiger partial charge >= 0.3 is 0 Å². The van der Waals surface area contributed by atoms with Crippen LogP contribution in [0.25, 0.3) is 0 Å². The van der Waals surface area contributed by atoms with Crippen LogP contribution in [0.4, 0.5) is 5.88 Å². The molecule has 0 aromatic carbocycles. The van der Waals surface area contributed by atoms with Gasteiger partial charge in [0.2, 0.25) is 17.7 Å². The molecule has 20 heavy (non-hydrogen) atoms. The summed E-state index contributed by atoms with van der Waals surface area (Å²) in [6.45, 7) is 4.16. The normalized spacial score (nSPS) is 11.0. The summed E-state index contributed by atoms with van der Waals surface area (Å²) >= 11 is 1.13. The second-order valence-electron chi connectivity index (χ2n) is 4.27. The van der Waals surface area contributed by atoms with Gasteiger partial charge in [0.15, 0.2) is 0 Å². The summed E-state index contributed by atoms with van der Waals surface area (Å²) in [6.07, 6.45) is 0. The van der Waals surface area contributed by atoms with Gasteiger partial charge in [-0.2, -0.15) is 0 Å². The van der Waals surface area contributed by atoms with Crippen LogP contribution < -0.4 is 11.1 Å². The highest BCUT2D eigenvalue weighted by Gasteiger charge is 2.12. The van der Waals surface area contributed by atoms with Crippen molar-refractivity contribution in [1.29, 1.82) is 0 Å². The van der Waals surface area contributed by atoms with Crippen LogP contribution in [0.5, 0.6) is 0 Å². The molecule has 0 saturated heterocycles. The van der Waals surface area contributed by atoms with Crippen LogP contribution in [0, 0.1) is 0 Å². The van der Waals surface area contributed by atoms with Crippen LogP contribution in [0.1, 0.15) is 31.4 Å². The number of carbonyl (C=O) groups is 1. The lowest BCUT2D eigenvalue weighted by Gasteiger charge is -1.98. The smallest absolute Gasteiger partial charge is 0.277 e. The predicted octanol–water partition coefficient (Wildman–Crippen LogP) is 1.37. The standard InChI is InChI=1S/C11H15N5O3S/c1-6(2)7-3-9(19-16-7)13-8(17)5-20-11-15-14-10(4-12)18-11/h3,6H,4-5,12H2,1-2H3,(H,13,17). The van der Waals surface area contributed by atoms with E-state index >= 15 is 0 Å². The van der Waals surface area contributed by atoms with Crippen LogP contribution in [0.15, 0.2) is 20.2 Å². The van der Waals surface area contributed by atoms with E-state index in [1.807, 2.05) is 13.8 Å². The number of nitrogens with one attached hydrogen (secondary N) is 1. The first kappa shape index (κ1) is 14.5. The molecule has 0 bridgehead atoms. The minimum atomic E-state index is -0.242. The van der Waals surface area contributed by atoms with Gasteiger partial charge in [0.25, 0.3) is 5.22 Å². The van der Waals surface area contributed by atoms with Crippen molar-refractivity contribution in [2.75, 3.05) is 11.1 Å². The van der Waals surface area contributed by atoms with Gasteiger partial charge < -0.3 is 14.7 Å². The number of amides is 1. The van der Waals surface area contributed by atoms with E-state index in [1.165, 1.54) is 0 Å². The highest BCUT2D eigenvalue weighted by atomic mass is 32.2. The summed E-state index contributed by atoms with van der Waals surface area (Å²) in [5.74, 6) is 0.794. The quantitative estimate of drug-likeness (QED) is 0.767. The van der Waals surface area contributed by atoms with E-state index in [4.69, 9.17) is 14.7 Å². The Morgan fingerprint density at radius 1 is 1.50 bits per heavy atom. The molecule has 2 aromatic heterocycles. The summed E-state index contributed by atoms with van der Waals surface area (Å²) in [5, 5.41) is 14.2. The molecule has 2 heterocycles. The molecule has 9 heteroatoms. The maximum atomic E-state index is 11.7. The van der Waals surface area contributed by atoms with Crippen molar-refractivity contribution in [2.24, 2.45) is 5.73 Å². The van der Waals surface area contributed by atoms with E-state index in [0.717, 1.165) is 17.5 Å². The van der Waals surface area contributed by atoms with Crippen molar-refractivity contribution in [3.8, 4) is 0 Å². The molecular formula is C11H15N5O3S. The number of anilines is 1. The Labute approximate surface area is 119 Å². The van der Waals surface area contributed by atoms with E-state index in [0.29, 0.717) is 17.0 Å². The Morgan fingerprint density at radius 3 is 2.90 bits per heavy atom. The maximum Gasteiger partial charge on any atom is 0.277 e. The Balaban J connectivity index is 1.82. The molecule has 2 rings (SSSR count). The summed E-state index contributed by atoms with van der Waals surface area (Å²) < 4.78 is 10.2. The number of nitrogens with zero attached hydrogens (tertiary/aromatic N) is 3. The molecule has 0 spiro atoms. The van der Waals surface area contributed by atoms with E-state index in [2.05, 4.69) is 20.7 Å². The first-order chi connectivity index (χ1) is 9.58. The zero-order valence-electron chi connectivity index (χ0n) is 11.1. The van der Waals surface area contributed by atoms with Gasteiger partial charge in [-0.25, -0.2) is 0 Å². The van der Waals surface area contributed by atoms with Crippen LogP contribution in [0.3, 0.4) is 0 Å². The van der Waals surface area contributed by atoms with Crippen molar-refractivity contribution in [3.05, 3.63) is 17.7 Å². The second kappa shape index (κ2) is 6.53. The fourth-order valence-electron chi connectivity index (χ4n) is 1.30. The van der Waals surface area contributed by atoms with E-state index in [9.17, 15) is 4.79 Å². The van der Waals surface area contributed by atoms with Crippen LogP contribution >= 0.6 is 11.8 Å². The summed E-state index contributed by atoms with van der Waals surface area (Å²) in [5.41, 5.74) is 6.13. The highest BCUT2D eigenvalue weighted by molar-refractivity contribution is 7.99. The van der Waals surface area contributed by atoms with E-state index in [-0.39, 0.29) is 24.1 Å². The zero-order valence-corrected chi connectivity index (χ0v) is 11.9. The van der Waals surface area contributed by atoms with Crippen molar-refractivity contribution in [2.45, 2.75) is 31.5 Å². The number of carbonyl (C=O) groups excluding carboxylic acids is 1. The lowest BCUT2D eigenvalue weighted by atomic mass is 10.1. The largest absolute Gasteiger partial charge is 0.415 e. The molecule has 0 atom stereocenters. The summed E-state index contributed by atoms with van der Waals surface area (Å²) in [6, 6.07) is 1.70. The number of rotatable bonds is 6. The molecule has 0 saturated carbocycles. The minimum absolute atomic E-state index is 0.129. The third-order valence-electron chi connectivity index (χ3n) is 2.33. The number of hydrogen-bond acceptors (Lipinski definition) is 8. The van der Waals surface area contributed by atoms with E-state index < -0.39 is 0 Å². The first-order valence-corrected chi connectivity index (χ1v) is 6.98. The molecule has 0 aliphatic rings. The third kappa shape index (κ3) is 3.81. The average molecular weight is 297 g/mol. The Bertz CT molecular complexity index is 580. The Hall–Kier alpha value is -1.87. The highest BCUT2D eigenvalue weighted by Crippen LogP contribution is 2.19. The second-order valence-corrected chi connectivity index (χ2v) is 5.20. The average Bonchev–Trinajstić information content (AvgIpc) is 3.04. The SMILES string of the molecule is CC(C)c1cc(NC(=O)CSc2nnc(CN)o2)on1. The van der Waals surface area contributed by atoms with Gasteiger partial charge in [-0.15, -0.1) is 10.2 Å². The van der Waals surface area contributed by atoms with Crippen LogP contribution in [-0.2, 0) is 11.3 Å². The fourth-order valence-corrected chi connectivity index (χ4v) is 1.88. The number of hydrogen-bond donors (Lipinski definition) is 2. The van der Waals surface area contributed by atoms with Crippen LogP contribution in [0.2, 0.25) is 0 Å². The van der Waals surface area contributed by atoms with Gasteiger partial charge in [-0.3, -0.25) is 10.1 Å². The van der Waals surface area contributed by atoms with Crippen molar-refractivity contribution < 1.29 is 13.7 Å². The molecule has 3 N–H and O–H groups in total. The summed E-state index contributed by atoms with van der Waals surface area (Å²) in [4.78, 5) is 11.7. The van der Waals surface area contributed by atoms with Gasteiger partial charge in [0.05, 0.1) is 18.0 Å². The molecule has 108 valence electrons. The van der Waals surface area contributed by atoms with Gasteiger partial charge in [-0.05, 0) is 5.92 Å². The number of thioether (sulfide) groups is 1. The molecule has 8 nitrogen and oxygen atoms in total. The molecule has 0 radical (unpaired) electrons. The molecule has 0 aliphatic heterocycles. The number of aromatic nitrogens is 3. The molecule has 0 fully saturated rings. The first-order valence-electron chi connectivity index (χ1n) is 6.00. The van der Waals surface area contributed by atoms with Gasteiger partial charge in [-0.1, -0.05) is 30.8 Å². The number of nitrogens with two attached hydrogens (primary N) is 1. The summed E-state index contributed by atoms with van der Waals surface area (Å²) in [7, 11) is 0. The van der Waals surface area contributed by atoms with Gasteiger partial charge in [0, 0.05) is 6.07 Å². The van der Waals surface area contributed by atoms with Crippen LogP contribution in [-0.4, -0.2) is 27.0 Å². The Kier molecular flexibility index (Phi) is 4.74. The maximum absolute atomic E-state index is 11.7. The molecular weight excluding hydrogens is 282 g/mol. The zero-order chi connectivity index (χ0) is 14.5. The van der Waals surface area contributed by atoms with Crippen molar-refractivity contribution >= 4 is 23.6 Å². The predicted molar refractivity (Wildman–Crippen MR) is 72.1 cm³/mol. The topological polar surface area (TPSA) is 120 Å². The third-order valence-corrected chi connectivity index (χ3v) is 3.15. The van der Waals surface area contributed by atoms with Gasteiger partial charge in [0.1, 0.15) is 0 Å². The fraction of sp³-hybridized carbons (Fsp3) is 0.455. The lowest BCUT2D eigenvalue weighted by Crippen LogP contribution is -2.13. The Morgan fingerprint density at radius 2 is 2.30 bits per heavy atom. The molecule has 2 aromatic rings. The van der Waals surface area contributed by atoms with Crippen molar-refractivity contribution in [3.63, 3.8) is 0 Å². The molecule has 0 aliphatic carbocycles.